The van der Waals surface area contributed by atoms with Crippen molar-refractivity contribution in [3.63, 3.8) is 0 Å². The van der Waals surface area contributed by atoms with Gasteiger partial charge in [-0.2, -0.15) is 0 Å². The molecule has 7 heteroatoms. The zero-order chi connectivity index (χ0) is 19.8. The Morgan fingerprint density at radius 1 is 1.19 bits per heavy atom. The number of ether oxygens (including phenoxy) is 1. The number of methoxy groups -OCH3 is 1. The molecule has 3 amide bonds. The maximum atomic E-state index is 13.5. The first-order valence-corrected chi connectivity index (χ1v) is 8.34. The number of nitrogens with one attached hydrogen (secondary N) is 1. The summed E-state index contributed by atoms with van der Waals surface area (Å²) in [7, 11) is 1.35. The van der Waals surface area contributed by atoms with Crippen molar-refractivity contribution in [2.45, 2.75) is 19.4 Å². The van der Waals surface area contributed by atoms with E-state index < -0.39 is 35.6 Å². The van der Waals surface area contributed by atoms with Gasteiger partial charge in [-0.1, -0.05) is 29.8 Å². The molecule has 2 aromatic rings. The van der Waals surface area contributed by atoms with Crippen molar-refractivity contribution in [3.8, 4) is 5.75 Å². The Balaban J connectivity index is 1.87. The second-order valence-corrected chi connectivity index (χ2v) is 6.58. The van der Waals surface area contributed by atoms with Crippen LogP contribution < -0.4 is 10.1 Å². The SMILES string of the molecule is COc1ccc(F)cc1C(=O)CN1C(=O)N[C@@](C)(c2ccc(C)cc2)C1=O. The van der Waals surface area contributed by atoms with Crippen LogP contribution in [0.3, 0.4) is 0 Å². The Kier molecular flexibility index (Phi) is 4.70. The van der Waals surface area contributed by atoms with Gasteiger partial charge in [0, 0.05) is 0 Å². The number of halogens is 1. The molecule has 1 fully saturated rings. The Morgan fingerprint density at radius 2 is 1.85 bits per heavy atom. The first kappa shape index (κ1) is 18.6. The molecule has 27 heavy (non-hydrogen) atoms. The highest BCUT2D eigenvalue weighted by Gasteiger charge is 2.49. The van der Waals surface area contributed by atoms with E-state index in [1.54, 1.807) is 19.1 Å². The number of Topliss-reactive ketones (excluding diaryl/α,β-unsaturated/α-hetero) is 1. The van der Waals surface area contributed by atoms with Crippen LogP contribution in [0.15, 0.2) is 42.5 Å². The van der Waals surface area contributed by atoms with Crippen LogP contribution in [0.25, 0.3) is 0 Å². The molecular weight excluding hydrogens is 351 g/mol. The van der Waals surface area contributed by atoms with Crippen molar-refractivity contribution < 1.29 is 23.5 Å². The number of imide groups is 1. The molecule has 2 aromatic carbocycles. The van der Waals surface area contributed by atoms with Gasteiger partial charge in [0.2, 0.25) is 0 Å². The lowest BCUT2D eigenvalue weighted by molar-refractivity contribution is -0.130. The number of hydrogen-bond acceptors (Lipinski definition) is 4. The molecule has 0 unspecified atom stereocenters. The van der Waals surface area contributed by atoms with Crippen LogP contribution in [0.4, 0.5) is 9.18 Å². The highest BCUT2D eigenvalue weighted by Crippen LogP contribution is 2.29. The molecule has 1 atom stereocenters. The fourth-order valence-corrected chi connectivity index (χ4v) is 3.05. The normalized spacial score (nSPS) is 19.2. The first-order chi connectivity index (χ1) is 12.8. The fraction of sp³-hybridized carbons (Fsp3) is 0.250. The number of hydrogen-bond donors (Lipinski definition) is 1. The number of aryl methyl sites for hydroxylation is 1. The van der Waals surface area contributed by atoms with Gasteiger partial charge in [-0.25, -0.2) is 9.18 Å². The molecule has 0 aromatic heterocycles. The lowest BCUT2D eigenvalue weighted by Gasteiger charge is -2.22. The van der Waals surface area contributed by atoms with Gasteiger partial charge < -0.3 is 10.1 Å². The maximum absolute atomic E-state index is 13.5. The Bertz CT molecular complexity index is 926. The molecule has 1 heterocycles. The number of urea groups is 1. The van der Waals surface area contributed by atoms with Crippen molar-refractivity contribution in [1.29, 1.82) is 0 Å². The van der Waals surface area contributed by atoms with Gasteiger partial charge in [0.15, 0.2) is 5.78 Å². The molecule has 0 aliphatic carbocycles. The van der Waals surface area contributed by atoms with Gasteiger partial charge in [-0.3, -0.25) is 14.5 Å². The number of benzene rings is 2. The largest absolute Gasteiger partial charge is 0.496 e. The molecule has 140 valence electrons. The average Bonchev–Trinajstić information content (AvgIpc) is 2.86. The van der Waals surface area contributed by atoms with E-state index in [9.17, 15) is 18.8 Å². The van der Waals surface area contributed by atoms with Crippen LogP contribution in [0.2, 0.25) is 0 Å². The zero-order valence-corrected chi connectivity index (χ0v) is 15.2. The number of carbonyl (C=O) groups excluding carboxylic acids is 3. The smallest absolute Gasteiger partial charge is 0.325 e. The molecule has 1 aliphatic rings. The summed E-state index contributed by atoms with van der Waals surface area (Å²) >= 11 is 0. The minimum absolute atomic E-state index is 0.0259. The molecule has 1 N–H and O–H groups in total. The third-order valence-corrected chi connectivity index (χ3v) is 4.67. The van der Waals surface area contributed by atoms with Gasteiger partial charge in [-0.15, -0.1) is 0 Å². The Hall–Kier alpha value is -3.22. The lowest BCUT2D eigenvalue weighted by atomic mass is 9.91. The van der Waals surface area contributed by atoms with Crippen LogP contribution in [-0.4, -0.2) is 36.3 Å². The summed E-state index contributed by atoms with van der Waals surface area (Å²) in [4.78, 5) is 38.7. The second kappa shape index (κ2) is 6.83. The van der Waals surface area contributed by atoms with E-state index in [1.165, 1.54) is 13.2 Å². The molecule has 1 aliphatic heterocycles. The van der Waals surface area contributed by atoms with Crippen molar-refractivity contribution in [1.82, 2.24) is 10.2 Å². The number of carbonyl (C=O) groups is 3. The summed E-state index contributed by atoms with van der Waals surface area (Å²) in [5, 5.41) is 2.64. The average molecular weight is 370 g/mol. The molecule has 0 saturated carbocycles. The molecule has 3 rings (SSSR count). The Labute approximate surface area is 155 Å². The minimum Gasteiger partial charge on any atom is -0.496 e. The molecule has 1 saturated heterocycles. The van der Waals surface area contributed by atoms with Crippen LogP contribution >= 0.6 is 0 Å². The van der Waals surface area contributed by atoms with Crippen molar-refractivity contribution in [3.05, 3.63) is 65.0 Å². The number of ketones is 1. The fourth-order valence-electron chi connectivity index (χ4n) is 3.05. The van der Waals surface area contributed by atoms with Crippen molar-refractivity contribution >= 4 is 17.7 Å². The quantitative estimate of drug-likeness (QED) is 0.649. The van der Waals surface area contributed by atoms with E-state index in [1.807, 2.05) is 19.1 Å². The van der Waals surface area contributed by atoms with Gasteiger partial charge in [0.1, 0.15) is 17.1 Å². The predicted octanol–water partition coefficient (Wildman–Crippen LogP) is 2.79. The maximum Gasteiger partial charge on any atom is 0.325 e. The number of rotatable bonds is 5. The van der Waals surface area contributed by atoms with Gasteiger partial charge in [0.25, 0.3) is 5.91 Å². The molecule has 6 nitrogen and oxygen atoms in total. The van der Waals surface area contributed by atoms with E-state index in [0.717, 1.165) is 22.6 Å². The van der Waals surface area contributed by atoms with Crippen LogP contribution in [0.5, 0.6) is 5.75 Å². The zero-order valence-electron chi connectivity index (χ0n) is 15.2. The summed E-state index contributed by atoms with van der Waals surface area (Å²) in [6.45, 7) is 3.00. The van der Waals surface area contributed by atoms with Crippen LogP contribution in [0.1, 0.15) is 28.4 Å². The molecular formula is C20H19FN2O4. The molecule has 0 radical (unpaired) electrons. The monoisotopic (exact) mass is 370 g/mol. The Morgan fingerprint density at radius 3 is 2.48 bits per heavy atom. The van der Waals surface area contributed by atoms with Gasteiger partial charge in [-0.05, 0) is 37.6 Å². The highest BCUT2D eigenvalue weighted by molar-refractivity contribution is 6.11. The summed E-state index contributed by atoms with van der Waals surface area (Å²) in [5.41, 5.74) is 0.341. The summed E-state index contributed by atoms with van der Waals surface area (Å²) in [6, 6.07) is 10.0. The summed E-state index contributed by atoms with van der Waals surface area (Å²) < 4.78 is 18.6. The summed E-state index contributed by atoms with van der Waals surface area (Å²) in [5.74, 6) is -1.57. The van der Waals surface area contributed by atoms with Gasteiger partial charge >= 0.3 is 6.03 Å². The van der Waals surface area contributed by atoms with Crippen LogP contribution in [-0.2, 0) is 10.3 Å². The number of amides is 3. The van der Waals surface area contributed by atoms with E-state index in [0.29, 0.717) is 5.56 Å². The van der Waals surface area contributed by atoms with E-state index >= 15 is 0 Å². The van der Waals surface area contributed by atoms with E-state index in [4.69, 9.17) is 4.74 Å². The number of nitrogens with zero attached hydrogens (tertiary/aromatic N) is 1. The van der Waals surface area contributed by atoms with Crippen molar-refractivity contribution in [2.75, 3.05) is 13.7 Å². The lowest BCUT2D eigenvalue weighted by Crippen LogP contribution is -2.41. The third kappa shape index (κ3) is 3.28. The standard InChI is InChI=1S/C20H19FN2O4/c1-12-4-6-13(7-5-12)20(2)18(25)23(19(26)22-20)11-16(24)15-10-14(21)8-9-17(15)27-3/h4-10H,11H2,1-3H3,(H,22,26)/t20-/m0/s1. The van der Waals surface area contributed by atoms with E-state index in [2.05, 4.69) is 5.32 Å². The van der Waals surface area contributed by atoms with E-state index in [-0.39, 0.29) is 11.3 Å². The molecule has 0 bridgehead atoms. The van der Waals surface area contributed by atoms with Gasteiger partial charge in [0.05, 0.1) is 19.2 Å². The predicted molar refractivity (Wildman–Crippen MR) is 96.1 cm³/mol. The highest BCUT2D eigenvalue weighted by atomic mass is 19.1. The second-order valence-electron chi connectivity index (χ2n) is 6.58. The van der Waals surface area contributed by atoms with Crippen molar-refractivity contribution in [2.24, 2.45) is 0 Å². The molecule has 0 spiro atoms. The first-order valence-electron chi connectivity index (χ1n) is 8.34. The van der Waals surface area contributed by atoms with Crippen LogP contribution in [0, 0.1) is 12.7 Å². The summed E-state index contributed by atoms with van der Waals surface area (Å²) in [6.07, 6.45) is 0. The third-order valence-electron chi connectivity index (χ3n) is 4.67. The minimum atomic E-state index is -1.27. The topological polar surface area (TPSA) is 75.7 Å².